The van der Waals surface area contributed by atoms with Gasteiger partial charge in [-0.05, 0) is 51.0 Å². The first-order chi connectivity index (χ1) is 15.3. The molecule has 1 aliphatic heterocycles. The van der Waals surface area contributed by atoms with Crippen molar-refractivity contribution in [2.45, 2.75) is 39.9 Å². The Morgan fingerprint density at radius 3 is 1.41 bits per heavy atom. The van der Waals surface area contributed by atoms with Gasteiger partial charge in [0.05, 0.1) is 0 Å². The summed E-state index contributed by atoms with van der Waals surface area (Å²) in [5, 5.41) is 20.8. The average molecular weight is 443 g/mol. The maximum atomic E-state index is 10.4. The number of piperazine rings is 1. The predicted octanol–water partition coefficient (Wildman–Crippen LogP) is 2.72. The Morgan fingerprint density at radius 1 is 0.688 bits per heavy atom. The van der Waals surface area contributed by atoms with Crippen molar-refractivity contribution in [2.75, 3.05) is 52.5 Å². The van der Waals surface area contributed by atoms with Crippen molar-refractivity contribution in [2.24, 2.45) is 0 Å². The second kappa shape index (κ2) is 11.7. The van der Waals surface area contributed by atoms with E-state index in [1.54, 1.807) is 0 Å². The van der Waals surface area contributed by atoms with Gasteiger partial charge in [-0.25, -0.2) is 0 Å². The van der Waals surface area contributed by atoms with Gasteiger partial charge in [-0.2, -0.15) is 0 Å². The molecule has 0 radical (unpaired) electrons. The van der Waals surface area contributed by atoms with Gasteiger partial charge in [0.1, 0.15) is 36.9 Å². The molecule has 1 fully saturated rings. The van der Waals surface area contributed by atoms with Gasteiger partial charge in [0.2, 0.25) is 0 Å². The molecule has 32 heavy (non-hydrogen) atoms. The van der Waals surface area contributed by atoms with Crippen LogP contribution < -0.4 is 9.47 Å². The zero-order chi connectivity index (χ0) is 23.1. The lowest BCUT2D eigenvalue weighted by Crippen LogP contribution is -2.51. The van der Waals surface area contributed by atoms with Crippen molar-refractivity contribution >= 4 is 0 Å². The third kappa shape index (κ3) is 7.48. The molecule has 0 saturated carbocycles. The molecule has 6 nitrogen and oxygen atoms in total. The highest BCUT2D eigenvalue weighted by Crippen LogP contribution is 2.20. The van der Waals surface area contributed by atoms with Crippen LogP contribution >= 0.6 is 0 Å². The Bertz CT molecular complexity index is 793. The first-order valence-electron chi connectivity index (χ1n) is 11.5. The summed E-state index contributed by atoms with van der Waals surface area (Å²) in [6.07, 6.45) is -1.06. The van der Waals surface area contributed by atoms with E-state index >= 15 is 0 Å². The highest BCUT2D eigenvalue weighted by atomic mass is 16.5. The van der Waals surface area contributed by atoms with Gasteiger partial charge in [-0.3, -0.25) is 9.80 Å². The second-order valence-corrected chi connectivity index (χ2v) is 9.07. The van der Waals surface area contributed by atoms with Crippen LogP contribution in [0, 0.1) is 27.7 Å². The highest BCUT2D eigenvalue weighted by Gasteiger charge is 2.21. The van der Waals surface area contributed by atoms with Crippen LogP contribution in [0.25, 0.3) is 0 Å². The van der Waals surface area contributed by atoms with E-state index in [-0.39, 0.29) is 0 Å². The summed E-state index contributed by atoms with van der Waals surface area (Å²) in [7, 11) is 0. The van der Waals surface area contributed by atoms with Crippen molar-refractivity contribution in [3.63, 3.8) is 0 Å². The largest absolute Gasteiger partial charge is 0.491 e. The summed E-state index contributed by atoms with van der Waals surface area (Å²) < 4.78 is 11.6. The van der Waals surface area contributed by atoms with E-state index in [0.717, 1.165) is 48.8 Å². The highest BCUT2D eigenvalue weighted by molar-refractivity contribution is 5.36. The summed E-state index contributed by atoms with van der Waals surface area (Å²) in [4.78, 5) is 4.51. The van der Waals surface area contributed by atoms with Crippen molar-refractivity contribution < 1.29 is 19.7 Å². The summed E-state index contributed by atoms with van der Waals surface area (Å²) >= 11 is 0. The first kappa shape index (κ1) is 24.5. The minimum atomic E-state index is -0.529. The van der Waals surface area contributed by atoms with Crippen LogP contribution in [0.2, 0.25) is 0 Å². The topological polar surface area (TPSA) is 65.4 Å². The van der Waals surface area contributed by atoms with Crippen LogP contribution in [0.5, 0.6) is 11.5 Å². The van der Waals surface area contributed by atoms with Gasteiger partial charge < -0.3 is 19.7 Å². The Labute approximate surface area is 192 Å². The fourth-order valence-corrected chi connectivity index (χ4v) is 4.15. The van der Waals surface area contributed by atoms with Gasteiger partial charge in [0.15, 0.2) is 0 Å². The molecule has 176 valence electrons. The number of nitrogens with zero attached hydrogens (tertiary/aromatic N) is 2. The molecule has 0 bridgehead atoms. The van der Waals surface area contributed by atoms with Crippen LogP contribution in [0.3, 0.4) is 0 Å². The van der Waals surface area contributed by atoms with Gasteiger partial charge in [0, 0.05) is 39.3 Å². The summed E-state index contributed by atoms with van der Waals surface area (Å²) in [5.41, 5.74) is 4.59. The molecule has 2 aromatic rings. The van der Waals surface area contributed by atoms with E-state index in [1.807, 2.05) is 38.1 Å². The normalized spacial score (nSPS) is 17.2. The maximum Gasteiger partial charge on any atom is 0.122 e. The monoisotopic (exact) mass is 442 g/mol. The van der Waals surface area contributed by atoms with Crippen molar-refractivity contribution in [3.8, 4) is 11.5 Å². The molecule has 1 heterocycles. The van der Waals surface area contributed by atoms with Gasteiger partial charge in [-0.1, -0.05) is 35.4 Å². The number of benzene rings is 2. The smallest absolute Gasteiger partial charge is 0.122 e. The lowest BCUT2D eigenvalue weighted by Gasteiger charge is -2.36. The fourth-order valence-electron chi connectivity index (χ4n) is 4.15. The van der Waals surface area contributed by atoms with E-state index in [4.69, 9.17) is 9.47 Å². The first-order valence-corrected chi connectivity index (χ1v) is 11.5. The van der Waals surface area contributed by atoms with E-state index in [0.29, 0.717) is 26.3 Å². The molecule has 2 unspecified atom stereocenters. The Hall–Kier alpha value is -2.12. The molecule has 2 atom stereocenters. The van der Waals surface area contributed by atoms with Gasteiger partial charge in [-0.15, -0.1) is 0 Å². The fraction of sp³-hybridized carbons (Fsp3) is 0.538. The number of hydrogen-bond acceptors (Lipinski definition) is 6. The van der Waals surface area contributed by atoms with Gasteiger partial charge in [0.25, 0.3) is 0 Å². The third-order valence-corrected chi connectivity index (χ3v) is 5.93. The lowest BCUT2D eigenvalue weighted by atomic mass is 10.1. The maximum absolute atomic E-state index is 10.4. The van der Waals surface area contributed by atoms with Crippen LogP contribution in [0.4, 0.5) is 0 Å². The minimum absolute atomic E-state index is 0.290. The quantitative estimate of drug-likeness (QED) is 0.590. The zero-order valence-electron chi connectivity index (χ0n) is 19.9. The summed E-state index contributed by atoms with van der Waals surface area (Å²) in [6, 6.07) is 12.1. The van der Waals surface area contributed by atoms with E-state index in [2.05, 4.69) is 35.8 Å². The van der Waals surface area contributed by atoms with Gasteiger partial charge >= 0.3 is 0 Å². The molecule has 0 amide bonds. The molecule has 0 aliphatic carbocycles. The molecule has 0 aromatic heterocycles. The Morgan fingerprint density at radius 2 is 1.06 bits per heavy atom. The number of aryl methyl sites for hydroxylation is 4. The number of aliphatic hydroxyl groups excluding tert-OH is 2. The SMILES string of the molecule is Cc1ccc(OCC(O)CN2CCN(CC(O)COc3ccc(C)cc3C)CC2)c(C)c1. The van der Waals surface area contributed by atoms with Crippen LogP contribution in [-0.2, 0) is 0 Å². The average Bonchev–Trinajstić information content (AvgIpc) is 2.74. The van der Waals surface area contributed by atoms with Crippen LogP contribution in [-0.4, -0.2) is 84.7 Å². The molecule has 0 spiro atoms. The molecule has 2 aromatic carbocycles. The van der Waals surface area contributed by atoms with E-state index in [1.165, 1.54) is 11.1 Å². The molecule has 6 heteroatoms. The standard InChI is InChI=1S/C26H38N2O4/c1-19-5-7-25(21(3)13-19)31-17-23(29)15-27-9-11-28(12-10-27)16-24(30)18-32-26-8-6-20(2)14-22(26)4/h5-8,13-14,23-24,29-30H,9-12,15-18H2,1-4H3. The number of hydrogen-bond donors (Lipinski definition) is 2. The Balaban J connectivity index is 1.33. The summed E-state index contributed by atoms with van der Waals surface area (Å²) in [5.74, 6) is 1.66. The van der Waals surface area contributed by atoms with Crippen molar-refractivity contribution in [1.29, 1.82) is 0 Å². The molecular formula is C26H38N2O4. The Kier molecular flexibility index (Phi) is 8.93. The minimum Gasteiger partial charge on any atom is -0.491 e. The number of aliphatic hydroxyl groups is 2. The van der Waals surface area contributed by atoms with E-state index < -0.39 is 12.2 Å². The van der Waals surface area contributed by atoms with E-state index in [9.17, 15) is 10.2 Å². The summed E-state index contributed by atoms with van der Waals surface area (Å²) in [6.45, 7) is 13.4. The molecule has 2 N–H and O–H groups in total. The number of ether oxygens (including phenoxy) is 2. The molecule has 1 aliphatic rings. The lowest BCUT2D eigenvalue weighted by molar-refractivity contribution is 0.0239. The number of rotatable bonds is 10. The van der Waals surface area contributed by atoms with Crippen LogP contribution in [0.1, 0.15) is 22.3 Å². The second-order valence-electron chi connectivity index (χ2n) is 9.07. The third-order valence-electron chi connectivity index (χ3n) is 5.93. The van der Waals surface area contributed by atoms with Crippen molar-refractivity contribution in [1.82, 2.24) is 9.80 Å². The molecule has 3 rings (SSSR count). The predicted molar refractivity (Wildman–Crippen MR) is 128 cm³/mol. The number of β-amino-alcohol motifs (C(OH)–C–C–N with tert-alkyl or cyclic N) is 2. The molecule has 1 saturated heterocycles. The zero-order valence-corrected chi connectivity index (χ0v) is 19.9. The molecular weight excluding hydrogens is 404 g/mol. The van der Waals surface area contributed by atoms with Crippen LogP contribution in [0.15, 0.2) is 36.4 Å². The van der Waals surface area contributed by atoms with Crippen molar-refractivity contribution in [3.05, 3.63) is 58.7 Å².